The van der Waals surface area contributed by atoms with Gasteiger partial charge in [-0.2, -0.15) is 9.97 Å². The van der Waals surface area contributed by atoms with E-state index in [1.54, 1.807) is 74.8 Å². The lowest BCUT2D eigenvalue weighted by Gasteiger charge is -2.22. The SMILES string of the molecule is CC(C)(C)OC(=O)CC1[C@H]2CNC[C@@H]12.CN(C)C(=O)c1cc2cnc(Nc3ccc(C(=O)N4C[C@@H]5C(NC(=O)OC(C)(C)C)[C@@H]5C4)cn3)nc2n1C1CCCC1.CN(C)C(=O)c1cc2cnc(Nc3ccc(C(=O)O)cn3)nc2n1C1CCCC1. The molecule has 85 heavy (non-hydrogen) atoms. The van der Waals surface area contributed by atoms with E-state index in [2.05, 4.69) is 50.8 Å². The third-order valence-corrected chi connectivity index (χ3v) is 16.5. The van der Waals surface area contributed by atoms with Crippen molar-refractivity contribution in [2.45, 2.75) is 129 Å². The second-order valence-corrected chi connectivity index (χ2v) is 25.6. The van der Waals surface area contributed by atoms with E-state index in [9.17, 15) is 28.8 Å². The minimum atomic E-state index is -1.03. The quantitative estimate of drug-likeness (QED) is 0.0680. The van der Waals surface area contributed by atoms with Gasteiger partial charge in [0.15, 0.2) is 0 Å². The highest BCUT2D eigenvalue weighted by atomic mass is 16.6. The first-order valence-electron chi connectivity index (χ1n) is 29.5. The highest BCUT2D eigenvalue weighted by Gasteiger charge is 2.58. The number of pyridine rings is 2. The first-order valence-corrected chi connectivity index (χ1v) is 29.5. The molecule has 4 saturated carbocycles. The number of rotatable bonds is 13. The second-order valence-electron chi connectivity index (χ2n) is 25.6. The van der Waals surface area contributed by atoms with E-state index in [1.807, 2.05) is 63.1 Å². The molecule has 6 aliphatic rings. The van der Waals surface area contributed by atoms with Gasteiger partial charge in [0.1, 0.15) is 45.5 Å². The maximum absolute atomic E-state index is 13.1. The fraction of sp³-hybridized carbons (Fsp3) is 0.541. The van der Waals surface area contributed by atoms with Crippen LogP contribution in [0, 0.1) is 29.6 Å². The molecule has 2 aliphatic heterocycles. The minimum absolute atomic E-state index is 0.0306. The number of likely N-dealkylation sites (tertiary alicyclic amines) is 1. The van der Waals surface area contributed by atoms with E-state index < -0.39 is 17.7 Å². The fourth-order valence-electron chi connectivity index (χ4n) is 12.4. The van der Waals surface area contributed by atoms with Gasteiger partial charge < -0.3 is 59.7 Å². The first kappa shape index (κ1) is 59.9. The summed E-state index contributed by atoms with van der Waals surface area (Å²) in [6.45, 7) is 14.6. The van der Waals surface area contributed by atoms with Gasteiger partial charge in [-0.3, -0.25) is 19.2 Å². The Morgan fingerprint density at radius 1 is 0.624 bits per heavy atom. The number of ether oxygens (including phenoxy) is 2. The van der Waals surface area contributed by atoms with Crippen LogP contribution in [0.2, 0.25) is 0 Å². The number of nitrogens with zero attached hydrogens (tertiary/aromatic N) is 11. The van der Waals surface area contributed by atoms with Crippen molar-refractivity contribution in [1.82, 2.24) is 64.4 Å². The van der Waals surface area contributed by atoms with Crippen LogP contribution in [0.5, 0.6) is 0 Å². The highest BCUT2D eigenvalue weighted by molar-refractivity contribution is 5.99. The number of fused-ring (bicyclic) bond motifs is 4. The molecule has 6 fully saturated rings. The molecule has 12 rings (SSSR count). The highest BCUT2D eigenvalue weighted by Crippen LogP contribution is 2.51. The Hall–Kier alpha value is -8.28. The normalized spacial score (nSPS) is 21.4. The van der Waals surface area contributed by atoms with Crippen LogP contribution in [0.3, 0.4) is 0 Å². The Morgan fingerprint density at radius 3 is 1.49 bits per heavy atom. The van der Waals surface area contributed by atoms with E-state index >= 15 is 0 Å². The van der Waals surface area contributed by atoms with Gasteiger partial charge in [-0.1, -0.05) is 25.7 Å². The molecule has 24 nitrogen and oxygen atoms in total. The smallest absolute Gasteiger partial charge is 0.407 e. The summed E-state index contributed by atoms with van der Waals surface area (Å²) < 4.78 is 14.8. The van der Waals surface area contributed by atoms with Gasteiger partial charge in [-0.05, 0) is 134 Å². The number of carbonyl (C=O) groups is 6. The van der Waals surface area contributed by atoms with Crippen molar-refractivity contribution in [3.05, 3.63) is 83.7 Å². The average molecular weight is 1170 g/mol. The molecule has 2 saturated heterocycles. The number of hydrogen-bond donors (Lipinski definition) is 5. The van der Waals surface area contributed by atoms with E-state index in [0.29, 0.717) is 71.6 Å². The molecule has 6 aromatic rings. The second kappa shape index (κ2) is 24.4. The zero-order valence-electron chi connectivity index (χ0n) is 50.2. The number of nitrogens with one attached hydrogen (secondary N) is 4. The summed E-state index contributed by atoms with van der Waals surface area (Å²) in [6.07, 6.45) is 15.0. The summed E-state index contributed by atoms with van der Waals surface area (Å²) in [5, 5.41) is 23.0. The number of esters is 1. The number of carbonyl (C=O) groups excluding carboxylic acids is 5. The number of aromatic carboxylic acids is 1. The van der Waals surface area contributed by atoms with Gasteiger partial charge in [0.05, 0.1) is 11.1 Å². The van der Waals surface area contributed by atoms with Crippen LogP contribution in [0.15, 0.2) is 61.2 Å². The predicted molar refractivity (Wildman–Crippen MR) is 318 cm³/mol. The number of alkyl carbamates (subject to hydrolysis) is 1. The maximum Gasteiger partial charge on any atom is 0.407 e. The molecular formula is C61H79N15O9. The molecule has 0 aromatic carbocycles. The van der Waals surface area contributed by atoms with Crippen LogP contribution >= 0.6 is 0 Å². The number of hydrogen-bond acceptors (Lipinski definition) is 17. The van der Waals surface area contributed by atoms with Crippen LogP contribution in [0.25, 0.3) is 22.1 Å². The van der Waals surface area contributed by atoms with E-state index in [-0.39, 0.29) is 64.8 Å². The van der Waals surface area contributed by atoms with Crippen molar-refractivity contribution >= 4 is 81.4 Å². The number of piperidine rings is 2. The minimum Gasteiger partial charge on any atom is -0.478 e. The molecule has 6 atom stereocenters. The molecule has 2 unspecified atom stereocenters. The van der Waals surface area contributed by atoms with E-state index in [4.69, 9.17) is 19.6 Å². The molecule has 452 valence electrons. The van der Waals surface area contributed by atoms with E-state index in [0.717, 1.165) is 92.7 Å². The first-order chi connectivity index (χ1) is 40.4. The van der Waals surface area contributed by atoms with Gasteiger partial charge in [0, 0.05) is 113 Å². The fourth-order valence-corrected chi connectivity index (χ4v) is 12.4. The Labute approximate surface area is 494 Å². The van der Waals surface area contributed by atoms with Crippen molar-refractivity contribution in [3.8, 4) is 0 Å². The van der Waals surface area contributed by atoms with Crippen molar-refractivity contribution in [1.29, 1.82) is 0 Å². The molecule has 6 aromatic heterocycles. The third kappa shape index (κ3) is 14.0. The van der Waals surface area contributed by atoms with Crippen LogP contribution in [0.4, 0.5) is 28.3 Å². The van der Waals surface area contributed by atoms with Crippen LogP contribution < -0.4 is 21.3 Å². The number of anilines is 4. The number of amides is 4. The maximum atomic E-state index is 13.1. The molecule has 5 N–H and O–H groups in total. The standard InChI is InChI=1S/C30H38N8O4.C20H22N6O3.C11H19NO2/c1-30(2,3)42-29(41)34-24-20-15-37(16-21(20)24)26(39)17-10-11-23(31-13-17)33-28-32-14-18-12-22(27(40)36(4)5)38(25(18)35-28)19-8-6-7-9-19;1-25(2)18(27)15-9-13-11-22-20(23-16-8-7-12(10-21-16)19(28)29)24-17(13)26(15)14-5-3-4-6-14;1-11(2,3)14-10(13)4-7-8-5-12-6-9(7)8/h10-14,19-21,24H,6-9,15-16H2,1-5H3,(H,34,41)(H,31,32,33,35);7-11,14H,3-6H2,1-2H3,(H,28,29)(H,21,22,23,24);7-9,12H,4-6H2,1-3H3/t20-,21+,24?;;7?,8-,9+. The van der Waals surface area contributed by atoms with Gasteiger partial charge >= 0.3 is 18.0 Å². The van der Waals surface area contributed by atoms with Crippen LogP contribution in [-0.2, 0) is 14.3 Å². The number of carboxylic acids is 1. The summed E-state index contributed by atoms with van der Waals surface area (Å²) in [4.78, 5) is 105. The average Bonchev–Trinajstić information content (AvgIpc) is 2.04. The van der Waals surface area contributed by atoms with Gasteiger partial charge in [-0.15, -0.1) is 0 Å². The van der Waals surface area contributed by atoms with Crippen molar-refractivity contribution in [2.24, 2.45) is 29.6 Å². The molecule has 0 bridgehead atoms. The molecule has 4 aliphatic carbocycles. The lowest BCUT2D eigenvalue weighted by atomic mass is 10.1. The van der Waals surface area contributed by atoms with Crippen LogP contribution in [-0.4, -0.2) is 166 Å². The Morgan fingerprint density at radius 2 is 1.08 bits per heavy atom. The summed E-state index contributed by atoms with van der Waals surface area (Å²) in [5.74, 6) is 3.02. The summed E-state index contributed by atoms with van der Waals surface area (Å²) in [7, 11) is 6.99. The topological polar surface area (TPSA) is 286 Å². The van der Waals surface area contributed by atoms with Gasteiger partial charge in [0.2, 0.25) is 11.9 Å². The monoisotopic (exact) mass is 1170 g/mol. The van der Waals surface area contributed by atoms with Crippen molar-refractivity contribution in [2.75, 3.05) is 65.0 Å². The number of carboxylic acid groups (broad SMARTS) is 1. The lowest BCUT2D eigenvalue weighted by molar-refractivity contribution is -0.155. The van der Waals surface area contributed by atoms with Gasteiger partial charge in [0.25, 0.3) is 17.7 Å². The Balaban J connectivity index is 0.000000160. The summed E-state index contributed by atoms with van der Waals surface area (Å²) in [5.41, 5.74) is 2.41. The predicted octanol–water partition coefficient (Wildman–Crippen LogP) is 8.25. The zero-order chi connectivity index (χ0) is 60.6. The molecule has 24 heteroatoms. The van der Waals surface area contributed by atoms with Crippen molar-refractivity contribution in [3.63, 3.8) is 0 Å². The molecule has 0 radical (unpaired) electrons. The van der Waals surface area contributed by atoms with E-state index in [1.165, 1.54) is 12.3 Å². The number of aromatic nitrogens is 8. The zero-order valence-corrected chi connectivity index (χ0v) is 50.2. The third-order valence-electron chi connectivity index (χ3n) is 16.5. The summed E-state index contributed by atoms with van der Waals surface area (Å²) in [6, 6.07) is 10.7. The Kier molecular flexibility index (Phi) is 17.2. The Bertz CT molecular complexity index is 3440. The van der Waals surface area contributed by atoms with Crippen LogP contribution in [0.1, 0.15) is 153 Å². The summed E-state index contributed by atoms with van der Waals surface area (Å²) >= 11 is 0. The van der Waals surface area contributed by atoms with Gasteiger partial charge in [-0.25, -0.2) is 29.5 Å². The molecule has 4 amide bonds. The molecule has 0 spiro atoms. The largest absolute Gasteiger partial charge is 0.478 e. The molecular weight excluding hydrogens is 1090 g/mol. The van der Waals surface area contributed by atoms with Crippen molar-refractivity contribution < 1.29 is 43.3 Å². The molecule has 8 heterocycles. The lowest BCUT2D eigenvalue weighted by Crippen LogP contribution is -2.39.